The van der Waals surface area contributed by atoms with Crippen molar-refractivity contribution in [3.8, 4) is 0 Å². The van der Waals surface area contributed by atoms with Crippen LogP contribution >= 0.6 is 0 Å². The Hall–Kier alpha value is -1.09. The van der Waals surface area contributed by atoms with Gasteiger partial charge in [0.15, 0.2) is 0 Å². The molecule has 3 rings (SSSR count). The van der Waals surface area contributed by atoms with E-state index in [0.717, 1.165) is 12.8 Å². The Morgan fingerprint density at radius 3 is 2.69 bits per heavy atom. The molecule has 1 aliphatic heterocycles. The summed E-state index contributed by atoms with van der Waals surface area (Å²) in [7, 11) is 0. The van der Waals surface area contributed by atoms with E-state index in [9.17, 15) is 4.79 Å². The van der Waals surface area contributed by atoms with Gasteiger partial charge >= 0.3 is 164 Å². The van der Waals surface area contributed by atoms with E-state index in [-0.39, 0.29) is 43.6 Å². The minimum atomic E-state index is -0.208. The number of fused-ring (bicyclic) bond motifs is 1. The van der Waals surface area contributed by atoms with Gasteiger partial charge in [-0.2, -0.15) is 0 Å². The zero-order chi connectivity index (χ0) is 18.9. The summed E-state index contributed by atoms with van der Waals surface area (Å²) in [4.78, 5) is 15.1. The van der Waals surface area contributed by atoms with Crippen LogP contribution in [-0.4, -0.2) is 43.6 Å². The number of amides is 1. The molecule has 5 atom stereocenters. The van der Waals surface area contributed by atoms with E-state index < -0.39 is 0 Å². The van der Waals surface area contributed by atoms with E-state index in [2.05, 4.69) is 58.5 Å². The first kappa shape index (κ1) is 19.7. The van der Waals surface area contributed by atoms with Crippen molar-refractivity contribution in [3.05, 3.63) is 43.0 Å². The zero-order valence-electron chi connectivity index (χ0n) is 16.4. The maximum atomic E-state index is 12.8. The minimum absolute atomic E-state index is 0.00668. The SMILES string of the molecule is C=CC(=O)N1[C@H](C(C)[Se]c2ccccc2)O[C@@H]2C[C@H](C)CC[C@H]2C1(C)C. The van der Waals surface area contributed by atoms with Crippen LogP contribution in [0.4, 0.5) is 0 Å². The predicted octanol–water partition coefficient (Wildman–Crippen LogP) is 3.78. The normalized spacial score (nSPS) is 31.8. The van der Waals surface area contributed by atoms with E-state index in [4.69, 9.17) is 4.74 Å². The number of ether oxygens (including phenoxy) is 1. The standard InChI is InChI=1S/C22H31NO2Se/c1-6-20(24)23-21(16(3)26-17-10-8-7-9-11-17)25-19-14-15(2)12-13-18(19)22(23,4)5/h6-11,15-16,18-19,21H,1,12-14H2,2-5H3/t15-,16?,18-,19-,21+/m1/s1. The second-order valence-electron chi connectivity index (χ2n) is 8.29. The molecule has 1 unspecified atom stereocenters. The third-order valence-electron chi connectivity index (χ3n) is 6.03. The number of hydrogen-bond donors (Lipinski definition) is 0. The molecule has 1 amide bonds. The molecular weight excluding hydrogens is 389 g/mol. The molecule has 4 heteroatoms. The fourth-order valence-corrected chi connectivity index (χ4v) is 6.83. The van der Waals surface area contributed by atoms with E-state index in [1.807, 2.05) is 11.0 Å². The van der Waals surface area contributed by atoms with Gasteiger partial charge in [0, 0.05) is 0 Å². The molecule has 1 aliphatic carbocycles. The molecule has 2 fully saturated rings. The monoisotopic (exact) mass is 421 g/mol. The number of benzene rings is 1. The van der Waals surface area contributed by atoms with Crippen LogP contribution < -0.4 is 4.46 Å². The Bertz CT molecular complexity index is 645. The first-order valence-electron chi connectivity index (χ1n) is 9.67. The number of hydrogen-bond acceptors (Lipinski definition) is 2. The summed E-state index contributed by atoms with van der Waals surface area (Å²) >= 11 is 0.245. The van der Waals surface area contributed by atoms with E-state index >= 15 is 0 Å². The molecule has 1 aromatic carbocycles. The number of carbonyl (C=O) groups excluding carboxylic acids is 1. The molecule has 0 aromatic heterocycles. The first-order valence-corrected chi connectivity index (χ1v) is 11.5. The van der Waals surface area contributed by atoms with Crippen molar-refractivity contribution in [3.63, 3.8) is 0 Å². The first-order chi connectivity index (χ1) is 12.3. The summed E-state index contributed by atoms with van der Waals surface area (Å²) in [6, 6.07) is 10.6. The fourth-order valence-electron chi connectivity index (χ4n) is 4.63. The van der Waals surface area contributed by atoms with Gasteiger partial charge in [-0.15, -0.1) is 0 Å². The van der Waals surface area contributed by atoms with Gasteiger partial charge in [0.25, 0.3) is 0 Å². The molecule has 26 heavy (non-hydrogen) atoms. The van der Waals surface area contributed by atoms with Crippen LogP contribution in [0.25, 0.3) is 0 Å². The van der Waals surface area contributed by atoms with Crippen LogP contribution in [0.15, 0.2) is 43.0 Å². The van der Waals surface area contributed by atoms with Crippen molar-refractivity contribution in [2.24, 2.45) is 11.8 Å². The van der Waals surface area contributed by atoms with Gasteiger partial charge in [0.2, 0.25) is 0 Å². The third-order valence-corrected chi connectivity index (χ3v) is 8.44. The molecule has 0 N–H and O–H groups in total. The molecule has 142 valence electrons. The average molecular weight is 420 g/mol. The Labute approximate surface area is 164 Å². The summed E-state index contributed by atoms with van der Waals surface area (Å²) in [5.74, 6) is 1.09. The third kappa shape index (κ3) is 3.78. The Kier molecular flexibility index (Phi) is 5.96. The predicted molar refractivity (Wildman–Crippen MR) is 108 cm³/mol. The van der Waals surface area contributed by atoms with Gasteiger partial charge in [-0.05, 0) is 0 Å². The van der Waals surface area contributed by atoms with E-state index in [0.29, 0.717) is 11.8 Å². The van der Waals surface area contributed by atoms with Crippen molar-refractivity contribution in [2.45, 2.75) is 69.6 Å². The van der Waals surface area contributed by atoms with Gasteiger partial charge in [0.05, 0.1) is 0 Å². The summed E-state index contributed by atoms with van der Waals surface area (Å²) in [5, 5.41) is 0. The van der Waals surface area contributed by atoms with Crippen LogP contribution in [0, 0.1) is 11.8 Å². The van der Waals surface area contributed by atoms with Gasteiger partial charge < -0.3 is 0 Å². The van der Waals surface area contributed by atoms with Crippen molar-refractivity contribution in [2.75, 3.05) is 0 Å². The van der Waals surface area contributed by atoms with Crippen LogP contribution in [0.2, 0.25) is 4.82 Å². The van der Waals surface area contributed by atoms with Gasteiger partial charge in [0.1, 0.15) is 0 Å². The zero-order valence-corrected chi connectivity index (χ0v) is 18.1. The molecule has 0 bridgehead atoms. The molecule has 1 saturated heterocycles. The molecule has 1 heterocycles. The molecule has 1 saturated carbocycles. The topological polar surface area (TPSA) is 29.5 Å². The van der Waals surface area contributed by atoms with E-state index in [1.54, 1.807) is 0 Å². The summed E-state index contributed by atoms with van der Waals surface area (Å²) < 4.78 is 7.99. The van der Waals surface area contributed by atoms with Crippen LogP contribution in [0.3, 0.4) is 0 Å². The summed E-state index contributed by atoms with van der Waals surface area (Å²) in [6.45, 7) is 12.7. The molecular formula is C22H31NO2Se. The molecule has 2 aliphatic rings. The van der Waals surface area contributed by atoms with Gasteiger partial charge in [-0.25, -0.2) is 0 Å². The second kappa shape index (κ2) is 7.88. The van der Waals surface area contributed by atoms with E-state index in [1.165, 1.54) is 17.0 Å². The van der Waals surface area contributed by atoms with Crippen molar-refractivity contribution < 1.29 is 9.53 Å². The van der Waals surface area contributed by atoms with Crippen molar-refractivity contribution in [1.29, 1.82) is 0 Å². The number of rotatable bonds is 4. The maximum absolute atomic E-state index is 12.8. The van der Waals surface area contributed by atoms with Crippen LogP contribution in [0.1, 0.15) is 47.0 Å². The molecule has 1 aromatic rings. The number of carbonyl (C=O) groups is 1. The summed E-state index contributed by atoms with van der Waals surface area (Å²) in [5.41, 5.74) is -0.208. The average Bonchev–Trinajstić information content (AvgIpc) is 2.61. The Morgan fingerprint density at radius 2 is 2.04 bits per heavy atom. The van der Waals surface area contributed by atoms with Crippen molar-refractivity contribution >= 4 is 25.3 Å². The van der Waals surface area contributed by atoms with Crippen LogP contribution in [0.5, 0.6) is 0 Å². The number of nitrogens with zero attached hydrogens (tertiary/aromatic N) is 1. The summed E-state index contributed by atoms with van der Waals surface area (Å²) in [6.07, 6.45) is 4.98. The van der Waals surface area contributed by atoms with Gasteiger partial charge in [-0.1, -0.05) is 0 Å². The second-order valence-corrected chi connectivity index (χ2v) is 11.3. The quantitative estimate of drug-likeness (QED) is 0.548. The Balaban J connectivity index is 1.89. The van der Waals surface area contributed by atoms with Crippen molar-refractivity contribution in [1.82, 2.24) is 4.90 Å². The molecule has 0 radical (unpaired) electrons. The Morgan fingerprint density at radius 1 is 1.35 bits per heavy atom. The fraction of sp³-hybridized carbons (Fsp3) is 0.591. The van der Waals surface area contributed by atoms with Crippen LogP contribution in [-0.2, 0) is 9.53 Å². The molecule has 0 spiro atoms. The molecule has 3 nitrogen and oxygen atoms in total. The van der Waals surface area contributed by atoms with Gasteiger partial charge in [-0.3, -0.25) is 0 Å².